The first-order valence-corrected chi connectivity index (χ1v) is 7.49. The average Bonchev–Trinajstić information content (AvgIpc) is 2.57. The fourth-order valence-corrected chi connectivity index (χ4v) is 2.09. The first-order chi connectivity index (χ1) is 11.9. The van der Waals surface area contributed by atoms with Gasteiger partial charge >= 0.3 is 0 Å². The maximum Gasteiger partial charge on any atom is 0.269 e. The molecule has 0 atom stereocenters. The largest absolute Gasteiger partial charge is 0.506 e. The Morgan fingerprint density at radius 1 is 1.16 bits per heavy atom. The molecule has 0 aliphatic heterocycles. The van der Waals surface area contributed by atoms with Crippen LogP contribution in [0.15, 0.2) is 42.5 Å². The van der Waals surface area contributed by atoms with Crippen LogP contribution in [0.1, 0.15) is 22.3 Å². The SMILES string of the molecule is Cc1ccc(NC(=O)CCNC(=O)c2ccc([N+](=O)[O-])cc2)c(O)c1. The summed E-state index contributed by atoms with van der Waals surface area (Å²) in [4.78, 5) is 33.8. The molecule has 0 aliphatic rings. The maximum atomic E-state index is 11.9. The van der Waals surface area contributed by atoms with Crippen LogP contribution in [0.4, 0.5) is 11.4 Å². The molecule has 0 bridgehead atoms. The lowest BCUT2D eigenvalue weighted by molar-refractivity contribution is -0.384. The second-order valence-corrected chi connectivity index (χ2v) is 5.38. The normalized spacial score (nSPS) is 10.1. The van der Waals surface area contributed by atoms with Gasteiger partial charge in [-0.1, -0.05) is 6.07 Å². The molecule has 25 heavy (non-hydrogen) atoms. The smallest absolute Gasteiger partial charge is 0.269 e. The monoisotopic (exact) mass is 343 g/mol. The number of hydrogen-bond acceptors (Lipinski definition) is 5. The van der Waals surface area contributed by atoms with Crippen molar-refractivity contribution in [1.29, 1.82) is 0 Å². The number of phenolic OH excluding ortho intramolecular Hbond substituents is 1. The van der Waals surface area contributed by atoms with E-state index < -0.39 is 10.8 Å². The molecule has 0 unspecified atom stereocenters. The summed E-state index contributed by atoms with van der Waals surface area (Å²) in [7, 11) is 0. The number of aromatic hydroxyl groups is 1. The van der Waals surface area contributed by atoms with E-state index in [0.717, 1.165) is 5.56 Å². The van der Waals surface area contributed by atoms with E-state index in [1.807, 2.05) is 6.92 Å². The number of amides is 2. The minimum Gasteiger partial charge on any atom is -0.506 e. The van der Waals surface area contributed by atoms with Crippen LogP contribution < -0.4 is 10.6 Å². The van der Waals surface area contributed by atoms with E-state index in [-0.39, 0.29) is 35.9 Å². The van der Waals surface area contributed by atoms with E-state index in [2.05, 4.69) is 10.6 Å². The number of carbonyl (C=O) groups excluding carboxylic acids is 2. The number of rotatable bonds is 6. The van der Waals surface area contributed by atoms with Crippen LogP contribution in [0.3, 0.4) is 0 Å². The van der Waals surface area contributed by atoms with Crippen molar-refractivity contribution in [3.05, 3.63) is 63.7 Å². The van der Waals surface area contributed by atoms with Crippen LogP contribution in [0.25, 0.3) is 0 Å². The summed E-state index contributed by atoms with van der Waals surface area (Å²) in [5.41, 5.74) is 1.33. The van der Waals surface area contributed by atoms with Gasteiger partial charge in [0.2, 0.25) is 5.91 Å². The number of hydrogen-bond donors (Lipinski definition) is 3. The molecule has 2 rings (SSSR count). The third kappa shape index (κ3) is 5.03. The van der Waals surface area contributed by atoms with Gasteiger partial charge in [-0.2, -0.15) is 0 Å². The first-order valence-electron chi connectivity index (χ1n) is 7.49. The maximum absolute atomic E-state index is 11.9. The van der Waals surface area contributed by atoms with Gasteiger partial charge in [0.25, 0.3) is 11.6 Å². The van der Waals surface area contributed by atoms with E-state index in [1.54, 1.807) is 12.1 Å². The third-order valence-corrected chi connectivity index (χ3v) is 3.41. The van der Waals surface area contributed by atoms with Crippen molar-refractivity contribution in [3.63, 3.8) is 0 Å². The molecule has 0 fully saturated rings. The molecule has 0 radical (unpaired) electrons. The molecule has 2 amide bonds. The van der Waals surface area contributed by atoms with Crippen molar-refractivity contribution in [3.8, 4) is 5.75 Å². The van der Waals surface area contributed by atoms with Crippen LogP contribution in [0, 0.1) is 17.0 Å². The predicted molar refractivity (Wildman–Crippen MR) is 91.5 cm³/mol. The summed E-state index contributed by atoms with van der Waals surface area (Å²) in [5.74, 6) is -0.813. The van der Waals surface area contributed by atoms with Crippen molar-refractivity contribution in [1.82, 2.24) is 5.32 Å². The number of aryl methyl sites for hydroxylation is 1. The summed E-state index contributed by atoms with van der Waals surface area (Å²) in [6.45, 7) is 1.91. The number of phenols is 1. The van der Waals surface area contributed by atoms with Crippen LogP contribution in [-0.4, -0.2) is 28.4 Å². The molecule has 0 aliphatic carbocycles. The minimum absolute atomic E-state index is 0.0199. The number of anilines is 1. The Balaban J connectivity index is 1.82. The van der Waals surface area contributed by atoms with Gasteiger partial charge in [0.05, 0.1) is 10.6 Å². The number of benzene rings is 2. The van der Waals surface area contributed by atoms with Crippen molar-refractivity contribution in [2.75, 3.05) is 11.9 Å². The molecule has 0 aromatic heterocycles. The van der Waals surface area contributed by atoms with Gasteiger partial charge < -0.3 is 15.7 Å². The zero-order valence-corrected chi connectivity index (χ0v) is 13.5. The highest BCUT2D eigenvalue weighted by molar-refractivity contribution is 5.95. The summed E-state index contributed by atoms with van der Waals surface area (Å²) < 4.78 is 0. The highest BCUT2D eigenvalue weighted by Crippen LogP contribution is 2.23. The molecule has 0 saturated carbocycles. The van der Waals surface area contributed by atoms with Crippen molar-refractivity contribution < 1.29 is 19.6 Å². The molecule has 0 heterocycles. The number of nitro groups is 1. The van der Waals surface area contributed by atoms with Crippen molar-refractivity contribution >= 4 is 23.2 Å². The van der Waals surface area contributed by atoms with Crippen LogP contribution in [0.5, 0.6) is 5.75 Å². The minimum atomic E-state index is -0.549. The lowest BCUT2D eigenvalue weighted by Gasteiger charge is -2.09. The molecular formula is C17H17N3O5. The third-order valence-electron chi connectivity index (χ3n) is 3.41. The molecule has 8 heteroatoms. The quantitative estimate of drug-likeness (QED) is 0.422. The van der Waals surface area contributed by atoms with Gasteiger partial charge in [-0.3, -0.25) is 19.7 Å². The lowest BCUT2D eigenvalue weighted by Crippen LogP contribution is -2.27. The molecule has 3 N–H and O–H groups in total. The average molecular weight is 343 g/mol. The van der Waals surface area contributed by atoms with Crippen molar-refractivity contribution in [2.45, 2.75) is 13.3 Å². The summed E-state index contributed by atoms with van der Waals surface area (Å²) in [5, 5.41) is 25.4. The summed E-state index contributed by atoms with van der Waals surface area (Å²) in [6.07, 6.45) is 0.0199. The summed E-state index contributed by atoms with van der Waals surface area (Å²) in [6, 6.07) is 10.1. The predicted octanol–water partition coefficient (Wildman–Crippen LogP) is 2.37. The zero-order chi connectivity index (χ0) is 18.4. The molecular weight excluding hydrogens is 326 g/mol. The Hall–Kier alpha value is -3.42. The Morgan fingerprint density at radius 3 is 2.44 bits per heavy atom. The van der Waals surface area contributed by atoms with Gasteiger partial charge in [-0.15, -0.1) is 0 Å². The Bertz CT molecular complexity index is 802. The topological polar surface area (TPSA) is 122 Å². The second-order valence-electron chi connectivity index (χ2n) is 5.38. The molecule has 2 aromatic rings. The fraction of sp³-hybridized carbons (Fsp3) is 0.176. The fourth-order valence-electron chi connectivity index (χ4n) is 2.09. The number of nitrogens with one attached hydrogen (secondary N) is 2. The number of carbonyl (C=O) groups is 2. The van der Waals surface area contributed by atoms with E-state index >= 15 is 0 Å². The van der Waals surface area contributed by atoms with Crippen LogP contribution in [-0.2, 0) is 4.79 Å². The van der Waals surface area contributed by atoms with Crippen molar-refractivity contribution in [2.24, 2.45) is 0 Å². The van der Waals surface area contributed by atoms with Gasteiger partial charge in [0.15, 0.2) is 0 Å². The van der Waals surface area contributed by atoms with E-state index in [1.165, 1.54) is 30.3 Å². The lowest BCUT2D eigenvalue weighted by atomic mass is 10.2. The number of nitrogens with zero attached hydrogens (tertiary/aromatic N) is 1. The van der Waals surface area contributed by atoms with E-state index in [4.69, 9.17) is 0 Å². The number of non-ortho nitro benzene ring substituents is 1. The molecule has 0 spiro atoms. The molecule has 2 aromatic carbocycles. The molecule has 0 saturated heterocycles. The second kappa shape index (κ2) is 7.91. The highest BCUT2D eigenvalue weighted by Gasteiger charge is 2.10. The Kier molecular flexibility index (Phi) is 5.67. The van der Waals surface area contributed by atoms with Crippen LogP contribution in [0.2, 0.25) is 0 Å². The van der Waals surface area contributed by atoms with Gasteiger partial charge in [-0.05, 0) is 36.8 Å². The van der Waals surface area contributed by atoms with Gasteiger partial charge in [0, 0.05) is 30.7 Å². The summed E-state index contributed by atoms with van der Waals surface area (Å²) >= 11 is 0. The van der Waals surface area contributed by atoms with Crippen LogP contribution >= 0.6 is 0 Å². The van der Waals surface area contributed by atoms with Gasteiger partial charge in [0.1, 0.15) is 5.75 Å². The Morgan fingerprint density at radius 2 is 1.84 bits per heavy atom. The highest BCUT2D eigenvalue weighted by atomic mass is 16.6. The van der Waals surface area contributed by atoms with E-state index in [9.17, 15) is 24.8 Å². The number of nitro benzene ring substituents is 1. The molecule has 130 valence electrons. The standard InChI is InChI=1S/C17H17N3O5/c1-11-2-7-14(15(21)10-11)19-16(22)8-9-18-17(23)12-3-5-13(6-4-12)20(24)25/h2-7,10,21H,8-9H2,1H3,(H,18,23)(H,19,22). The Labute approximate surface area is 143 Å². The zero-order valence-electron chi connectivity index (χ0n) is 13.5. The first kappa shape index (κ1) is 17.9. The molecule has 8 nitrogen and oxygen atoms in total. The van der Waals surface area contributed by atoms with Gasteiger partial charge in [-0.25, -0.2) is 0 Å². The van der Waals surface area contributed by atoms with E-state index in [0.29, 0.717) is 5.69 Å².